The highest BCUT2D eigenvalue weighted by Gasteiger charge is 2.39. The van der Waals surface area contributed by atoms with E-state index in [1.807, 2.05) is 24.3 Å². The highest BCUT2D eigenvalue weighted by molar-refractivity contribution is 6.74. The Morgan fingerprint density at radius 3 is 2.20 bits per heavy atom. The lowest BCUT2D eigenvalue weighted by Gasteiger charge is -2.37. The van der Waals surface area contributed by atoms with Gasteiger partial charge in [-0.15, -0.1) is 0 Å². The molecule has 3 nitrogen and oxygen atoms in total. The topological polar surface area (TPSA) is 18.5 Å². The Morgan fingerprint density at radius 1 is 0.800 bits per heavy atom. The van der Waals surface area contributed by atoms with Gasteiger partial charge < -0.3 is 8.99 Å². The third-order valence-electron chi connectivity index (χ3n) is 7.31. The van der Waals surface area contributed by atoms with Crippen LogP contribution in [0.15, 0.2) is 91.1 Å². The second kappa shape index (κ2) is 8.44. The number of rotatable bonds is 4. The van der Waals surface area contributed by atoms with Crippen molar-refractivity contribution in [1.29, 1.82) is 0 Å². The quantitative estimate of drug-likeness (QED) is 0.187. The van der Waals surface area contributed by atoms with E-state index in [1.165, 1.54) is 10.8 Å². The molecule has 0 amide bonds. The molecule has 0 aliphatic rings. The van der Waals surface area contributed by atoms with Crippen LogP contribution in [0.1, 0.15) is 20.8 Å². The summed E-state index contributed by atoms with van der Waals surface area (Å²) in [5.74, 6) is 0.927. The maximum Gasteiger partial charge on any atom is 0.250 e. The van der Waals surface area contributed by atoms with E-state index < -0.39 is 8.32 Å². The van der Waals surface area contributed by atoms with Gasteiger partial charge in [-0.1, -0.05) is 87.5 Å². The average molecular weight is 475 g/mol. The fourth-order valence-electron chi connectivity index (χ4n) is 4.38. The van der Waals surface area contributed by atoms with Crippen LogP contribution in [0.25, 0.3) is 43.3 Å². The molecule has 1 aromatic heterocycles. The first kappa shape index (κ1) is 23.0. The summed E-state index contributed by atoms with van der Waals surface area (Å²) in [5, 5.41) is 3.58. The van der Waals surface area contributed by atoms with Crippen LogP contribution in [0.4, 0.5) is 5.69 Å². The van der Waals surface area contributed by atoms with Crippen LogP contribution >= 0.6 is 0 Å². The van der Waals surface area contributed by atoms with Gasteiger partial charge in [0.15, 0.2) is 0 Å². The van der Waals surface area contributed by atoms with Crippen molar-refractivity contribution in [3.8, 4) is 22.6 Å². The van der Waals surface area contributed by atoms with Crippen molar-refractivity contribution < 1.29 is 4.43 Å². The summed E-state index contributed by atoms with van der Waals surface area (Å²) in [6.07, 6.45) is 2.18. The lowest BCUT2D eigenvalue weighted by Crippen LogP contribution is -2.44. The van der Waals surface area contributed by atoms with E-state index in [0.29, 0.717) is 5.69 Å². The SMILES string of the molecule is [C-]#[N+]c1ccccc1-n1cc(-c2c(O[Si](C)(C)C(C)(C)C)ccc3ccccc23)c2ccccc21. The van der Waals surface area contributed by atoms with Gasteiger partial charge in [-0.3, -0.25) is 0 Å². The Labute approximate surface area is 208 Å². The lowest BCUT2D eigenvalue weighted by atomic mass is 9.97. The highest BCUT2D eigenvalue weighted by Crippen LogP contribution is 2.46. The van der Waals surface area contributed by atoms with Gasteiger partial charge in [-0.25, -0.2) is 4.85 Å². The van der Waals surface area contributed by atoms with Crippen LogP contribution in [0.5, 0.6) is 5.75 Å². The van der Waals surface area contributed by atoms with Gasteiger partial charge >= 0.3 is 0 Å². The van der Waals surface area contributed by atoms with Crippen molar-refractivity contribution in [2.24, 2.45) is 0 Å². The summed E-state index contributed by atoms with van der Waals surface area (Å²) < 4.78 is 9.10. The fourth-order valence-corrected chi connectivity index (χ4v) is 5.41. The molecule has 4 heteroatoms. The van der Waals surface area contributed by atoms with E-state index in [1.54, 1.807) is 0 Å². The Bertz CT molecular complexity index is 1600. The second-order valence-electron chi connectivity index (χ2n) is 10.6. The van der Waals surface area contributed by atoms with Crippen LogP contribution in [-0.2, 0) is 0 Å². The van der Waals surface area contributed by atoms with Crippen molar-refractivity contribution in [2.75, 3.05) is 0 Å². The van der Waals surface area contributed by atoms with Crippen LogP contribution in [-0.4, -0.2) is 12.9 Å². The predicted octanol–water partition coefficient (Wildman–Crippen LogP) is 9.39. The highest BCUT2D eigenvalue weighted by atomic mass is 28.4. The van der Waals surface area contributed by atoms with Gasteiger partial charge in [0, 0.05) is 22.7 Å². The summed E-state index contributed by atoms with van der Waals surface area (Å²) in [7, 11) is -2.08. The molecule has 0 spiro atoms. The van der Waals surface area contributed by atoms with Crippen LogP contribution in [0.2, 0.25) is 18.1 Å². The first-order valence-corrected chi connectivity index (χ1v) is 14.9. The average Bonchev–Trinajstić information content (AvgIpc) is 3.22. The van der Waals surface area contributed by atoms with Crippen LogP contribution in [0, 0.1) is 6.57 Å². The molecule has 0 atom stereocenters. The van der Waals surface area contributed by atoms with E-state index >= 15 is 0 Å². The molecule has 35 heavy (non-hydrogen) atoms. The summed E-state index contributed by atoms with van der Waals surface area (Å²) in [5.41, 5.74) is 4.83. The number of hydrogen-bond donors (Lipinski definition) is 0. The molecule has 0 radical (unpaired) electrons. The maximum atomic E-state index is 7.71. The normalized spacial score (nSPS) is 12.1. The molecule has 0 fully saturated rings. The van der Waals surface area contributed by atoms with E-state index in [2.05, 4.69) is 110 Å². The minimum absolute atomic E-state index is 0.0818. The smallest absolute Gasteiger partial charge is 0.250 e. The van der Waals surface area contributed by atoms with Gasteiger partial charge in [0.1, 0.15) is 5.75 Å². The predicted molar refractivity (Wildman–Crippen MR) is 150 cm³/mol. The van der Waals surface area contributed by atoms with Gasteiger partial charge in [0.05, 0.1) is 17.8 Å². The number of para-hydroxylation sites is 3. The molecule has 0 aliphatic heterocycles. The number of fused-ring (bicyclic) bond motifs is 2. The fraction of sp³-hybridized carbons (Fsp3) is 0.194. The summed E-state index contributed by atoms with van der Waals surface area (Å²) in [6, 6.07) is 29.0. The zero-order valence-corrected chi connectivity index (χ0v) is 22.0. The zero-order chi connectivity index (χ0) is 24.8. The first-order chi connectivity index (χ1) is 16.7. The van der Waals surface area contributed by atoms with Crippen LogP contribution < -0.4 is 4.43 Å². The van der Waals surface area contributed by atoms with Gasteiger partial charge in [-0.2, -0.15) is 0 Å². The van der Waals surface area contributed by atoms with Crippen LogP contribution in [0.3, 0.4) is 0 Å². The molecule has 0 N–H and O–H groups in total. The molecule has 5 aromatic rings. The van der Waals surface area contributed by atoms with Crippen molar-refractivity contribution in [3.05, 3.63) is 103 Å². The van der Waals surface area contributed by atoms with E-state index in [-0.39, 0.29) is 5.04 Å². The molecule has 0 saturated heterocycles. The first-order valence-electron chi connectivity index (χ1n) is 12.0. The molecule has 4 aromatic carbocycles. The largest absolute Gasteiger partial charge is 0.543 e. The van der Waals surface area contributed by atoms with E-state index in [4.69, 9.17) is 11.0 Å². The third-order valence-corrected chi connectivity index (χ3v) is 11.6. The van der Waals surface area contributed by atoms with Crippen molar-refractivity contribution >= 4 is 35.7 Å². The second-order valence-corrected chi connectivity index (χ2v) is 15.3. The standard InChI is InChI=1S/C31H30N2OSi/c1-31(2,3)35(5,6)34-29-20-19-22-13-7-8-14-23(22)30(29)25-21-33(27-17-11-9-15-24(25)27)28-18-12-10-16-26(28)32-4/h7-21H,1-3,5-6H3. The zero-order valence-electron chi connectivity index (χ0n) is 21.0. The van der Waals surface area contributed by atoms with Crippen molar-refractivity contribution in [2.45, 2.75) is 38.9 Å². The van der Waals surface area contributed by atoms with Gasteiger partial charge in [-0.05, 0) is 47.1 Å². The molecule has 174 valence electrons. The lowest BCUT2D eigenvalue weighted by molar-refractivity contribution is 0.494. The minimum atomic E-state index is -2.08. The Morgan fingerprint density at radius 2 is 1.46 bits per heavy atom. The molecule has 0 unspecified atom stereocenters. The molecular formula is C31H30N2OSi. The van der Waals surface area contributed by atoms with Gasteiger partial charge in [0.25, 0.3) is 8.32 Å². The summed E-state index contributed by atoms with van der Waals surface area (Å²) in [4.78, 5) is 3.79. The number of hydrogen-bond acceptors (Lipinski definition) is 1. The van der Waals surface area contributed by atoms with Crippen molar-refractivity contribution in [3.63, 3.8) is 0 Å². The molecule has 1 heterocycles. The molecule has 0 bridgehead atoms. The van der Waals surface area contributed by atoms with Gasteiger partial charge in [0.2, 0.25) is 5.69 Å². The molecule has 0 aliphatic carbocycles. The summed E-state index contributed by atoms with van der Waals surface area (Å²) in [6.45, 7) is 19.1. The Hall–Kier alpha value is -3.81. The monoisotopic (exact) mass is 474 g/mol. The molecule has 0 saturated carbocycles. The van der Waals surface area contributed by atoms with E-state index in [9.17, 15) is 0 Å². The molecule has 5 rings (SSSR count). The summed E-state index contributed by atoms with van der Waals surface area (Å²) >= 11 is 0. The van der Waals surface area contributed by atoms with Crippen molar-refractivity contribution in [1.82, 2.24) is 4.57 Å². The number of benzene rings is 4. The Balaban J connectivity index is 1.84. The van der Waals surface area contributed by atoms with E-state index in [0.717, 1.165) is 33.5 Å². The number of aromatic nitrogens is 1. The maximum absolute atomic E-state index is 7.71. The molecular weight excluding hydrogens is 444 g/mol. The minimum Gasteiger partial charge on any atom is -0.543 e. The third kappa shape index (κ3) is 3.92. The Kier molecular flexibility index (Phi) is 5.54. The number of nitrogens with zero attached hydrogens (tertiary/aromatic N) is 2.